The van der Waals surface area contributed by atoms with Crippen molar-refractivity contribution in [2.75, 3.05) is 5.32 Å². The van der Waals surface area contributed by atoms with Gasteiger partial charge in [0, 0.05) is 51.7 Å². The van der Waals surface area contributed by atoms with Gasteiger partial charge in [0.25, 0.3) is 5.91 Å². The molecular weight excluding hydrogens is 306 g/mol. The summed E-state index contributed by atoms with van der Waals surface area (Å²) >= 11 is 0. The molecule has 8 nitrogen and oxygen atoms in total. The Bertz CT molecular complexity index is 878. The van der Waals surface area contributed by atoms with E-state index in [1.165, 1.54) is 0 Å². The zero-order valence-electron chi connectivity index (χ0n) is 13.7. The maximum atomic E-state index is 12.5. The van der Waals surface area contributed by atoms with Gasteiger partial charge in [-0.25, -0.2) is 9.97 Å². The molecule has 0 spiro atoms. The first-order valence-corrected chi connectivity index (χ1v) is 8.01. The number of carbonyl (C=O) groups is 1. The molecule has 4 heterocycles. The van der Waals surface area contributed by atoms with Gasteiger partial charge in [-0.15, -0.1) is 0 Å². The Labute approximate surface area is 139 Å². The molecule has 0 aromatic carbocycles. The third kappa shape index (κ3) is 2.49. The second-order valence-corrected chi connectivity index (χ2v) is 6.05. The average molecular weight is 325 g/mol. The van der Waals surface area contributed by atoms with Crippen LogP contribution >= 0.6 is 0 Å². The molecular formula is C16H19N7O. The van der Waals surface area contributed by atoms with E-state index in [1.54, 1.807) is 17.9 Å². The van der Waals surface area contributed by atoms with Crippen LogP contribution in [-0.2, 0) is 27.1 Å². The van der Waals surface area contributed by atoms with Gasteiger partial charge >= 0.3 is 0 Å². The van der Waals surface area contributed by atoms with Crippen LogP contribution in [0.4, 0.5) is 5.82 Å². The van der Waals surface area contributed by atoms with E-state index in [4.69, 9.17) is 0 Å². The van der Waals surface area contributed by atoms with Crippen molar-refractivity contribution < 1.29 is 4.79 Å². The number of aromatic nitrogens is 6. The predicted molar refractivity (Wildman–Crippen MR) is 88.5 cm³/mol. The van der Waals surface area contributed by atoms with Crippen molar-refractivity contribution >= 4 is 11.7 Å². The molecule has 0 unspecified atom stereocenters. The summed E-state index contributed by atoms with van der Waals surface area (Å²) in [6, 6.07) is 1.82. The minimum atomic E-state index is -0.216. The first-order chi connectivity index (χ1) is 11.6. The van der Waals surface area contributed by atoms with Crippen LogP contribution in [0.15, 0.2) is 24.7 Å². The monoisotopic (exact) mass is 325 g/mol. The van der Waals surface area contributed by atoms with Gasteiger partial charge in [-0.05, 0) is 12.8 Å². The van der Waals surface area contributed by atoms with Crippen LogP contribution in [0.3, 0.4) is 0 Å². The van der Waals surface area contributed by atoms with E-state index in [-0.39, 0.29) is 5.91 Å². The Morgan fingerprint density at radius 1 is 1.29 bits per heavy atom. The summed E-state index contributed by atoms with van der Waals surface area (Å²) in [5.41, 5.74) is 1.16. The number of rotatable bonds is 3. The van der Waals surface area contributed by atoms with Crippen LogP contribution in [0, 0.1) is 0 Å². The standard InChI is InChI=1S/C16H19N7O/c1-21-8-6-17-15(21)11-9-14(22(2)20-11)19-16(24)12-10-23-7-4-3-5-13(23)18-12/h6,8-10H,3-5,7H2,1-2H3,(H,19,24). The van der Waals surface area contributed by atoms with Gasteiger partial charge in [0.1, 0.15) is 23.0 Å². The molecule has 0 fully saturated rings. The van der Waals surface area contributed by atoms with E-state index < -0.39 is 0 Å². The Morgan fingerprint density at radius 2 is 2.17 bits per heavy atom. The largest absolute Gasteiger partial charge is 0.334 e. The zero-order chi connectivity index (χ0) is 16.7. The summed E-state index contributed by atoms with van der Waals surface area (Å²) in [6.45, 7) is 0.935. The van der Waals surface area contributed by atoms with Gasteiger partial charge in [-0.1, -0.05) is 0 Å². The fourth-order valence-electron chi connectivity index (χ4n) is 3.01. The highest BCUT2D eigenvalue weighted by atomic mass is 16.2. The fraction of sp³-hybridized carbons (Fsp3) is 0.375. The first kappa shape index (κ1) is 14.7. The van der Waals surface area contributed by atoms with Crippen molar-refractivity contribution in [2.24, 2.45) is 14.1 Å². The van der Waals surface area contributed by atoms with E-state index in [9.17, 15) is 4.79 Å². The molecule has 8 heteroatoms. The van der Waals surface area contributed by atoms with Gasteiger partial charge < -0.3 is 14.5 Å². The summed E-state index contributed by atoms with van der Waals surface area (Å²) in [7, 11) is 3.70. The van der Waals surface area contributed by atoms with Gasteiger partial charge in [0.05, 0.1) is 0 Å². The van der Waals surface area contributed by atoms with Crippen LogP contribution in [-0.4, -0.2) is 34.8 Å². The lowest BCUT2D eigenvalue weighted by Gasteiger charge is -2.11. The minimum Gasteiger partial charge on any atom is -0.334 e. The number of nitrogens with zero attached hydrogens (tertiary/aromatic N) is 6. The second kappa shape index (κ2) is 5.63. The fourth-order valence-corrected chi connectivity index (χ4v) is 3.01. The molecule has 4 rings (SSSR count). The Morgan fingerprint density at radius 3 is 2.92 bits per heavy atom. The summed E-state index contributed by atoms with van der Waals surface area (Å²) in [5.74, 6) is 2.14. The van der Waals surface area contributed by atoms with E-state index in [0.29, 0.717) is 17.2 Å². The SMILES string of the molecule is Cn1ccnc1-c1cc(NC(=O)c2cn3c(n2)CCCC3)n(C)n1. The minimum absolute atomic E-state index is 0.216. The van der Waals surface area contributed by atoms with Gasteiger partial charge in [-0.2, -0.15) is 5.10 Å². The lowest BCUT2D eigenvalue weighted by Crippen LogP contribution is -2.15. The molecule has 0 saturated heterocycles. The number of hydrogen-bond donors (Lipinski definition) is 1. The van der Waals surface area contributed by atoms with E-state index in [2.05, 4.69) is 25.0 Å². The van der Waals surface area contributed by atoms with Gasteiger partial charge in [0.15, 0.2) is 5.82 Å². The molecule has 1 aliphatic rings. The maximum Gasteiger partial charge on any atom is 0.277 e. The van der Waals surface area contributed by atoms with Crippen molar-refractivity contribution in [3.63, 3.8) is 0 Å². The molecule has 0 aliphatic carbocycles. The van der Waals surface area contributed by atoms with Gasteiger partial charge in [-0.3, -0.25) is 9.48 Å². The lowest BCUT2D eigenvalue weighted by atomic mass is 10.2. The van der Waals surface area contributed by atoms with Crippen LogP contribution in [0.1, 0.15) is 29.2 Å². The first-order valence-electron chi connectivity index (χ1n) is 8.01. The van der Waals surface area contributed by atoms with Crippen LogP contribution < -0.4 is 5.32 Å². The van der Waals surface area contributed by atoms with Crippen LogP contribution in [0.2, 0.25) is 0 Å². The van der Waals surface area contributed by atoms with Crippen molar-refractivity contribution in [3.05, 3.63) is 36.2 Å². The molecule has 1 amide bonds. The Balaban J connectivity index is 1.57. The summed E-state index contributed by atoms with van der Waals surface area (Å²) < 4.78 is 5.59. The summed E-state index contributed by atoms with van der Waals surface area (Å²) in [5, 5.41) is 7.30. The molecule has 0 atom stereocenters. The molecule has 1 aliphatic heterocycles. The van der Waals surface area contributed by atoms with Crippen LogP contribution in [0.25, 0.3) is 11.5 Å². The third-order valence-electron chi connectivity index (χ3n) is 4.31. The van der Waals surface area contributed by atoms with E-state index in [0.717, 1.165) is 37.5 Å². The van der Waals surface area contributed by atoms with Crippen molar-refractivity contribution in [1.82, 2.24) is 28.9 Å². The molecule has 0 radical (unpaired) electrons. The molecule has 24 heavy (non-hydrogen) atoms. The van der Waals surface area contributed by atoms with E-state index in [1.807, 2.05) is 30.1 Å². The molecule has 0 saturated carbocycles. The summed E-state index contributed by atoms with van der Waals surface area (Å²) in [4.78, 5) is 21.2. The highest BCUT2D eigenvalue weighted by Crippen LogP contribution is 2.20. The van der Waals surface area contributed by atoms with Crippen molar-refractivity contribution in [2.45, 2.75) is 25.8 Å². The number of imidazole rings is 2. The molecule has 0 bridgehead atoms. The predicted octanol–water partition coefficient (Wildman–Crippen LogP) is 1.61. The number of nitrogens with one attached hydrogen (secondary N) is 1. The molecule has 1 N–H and O–H groups in total. The third-order valence-corrected chi connectivity index (χ3v) is 4.31. The van der Waals surface area contributed by atoms with Gasteiger partial charge in [0.2, 0.25) is 0 Å². The number of hydrogen-bond acceptors (Lipinski definition) is 4. The number of amides is 1. The highest BCUT2D eigenvalue weighted by Gasteiger charge is 2.19. The Hall–Kier alpha value is -2.90. The normalized spacial score (nSPS) is 13.8. The zero-order valence-corrected chi connectivity index (χ0v) is 13.7. The Kier molecular flexibility index (Phi) is 3.44. The number of fused-ring (bicyclic) bond motifs is 1. The molecule has 3 aromatic heterocycles. The summed E-state index contributed by atoms with van der Waals surface area (Å²) in [6.07, 6.45) is 8.62. The second-order valence-electron chi connectivity index (χ2n) is 6.05. The van der Waals surface area contributed by atoms with Crippen molar-refractivity contribution in [1.29, 1.82) is 0 Å². The molecule has 124 valence electrons. The number of aryl methyl sites for hydroxylation is 4. The average Bonchev–Trinajstić information content (AvgIpc) is 3.26. The molecule has 3 aromatic rings. The maximum absolute atomic E-state index is 12.5. The topological polar surface area (TPSA) is 82.6 Å². The van der Waals surface area contributed by atoms with E-state index >= 15 is 0 Å². The number of anilines is 1. The highest BCUT2D eigenvalue weighted by molar-refractivity contribution is 6.02. The lowest BCUT2D eigenvalue weighted by molar-refractivity contribution is 0.102. The number of carbonyl (C=O) groups excluding carboxylic acids is 1. The van der Waals surface area contributed by atoms with Crippen LogP contribution in [0.5, 0.6) is 0 Å². The smallest absolute Gasteiger partial charge is 0.277 e. The quantitative estimate of drug-likeness (QED) is 0.793. The van der Waals surface area contributed by atoms with Crippen molar-refractivity contribution in [3.8, 4) is 11.5 Å².